The number of amides is 2. The monoisotopic (exact) mass is 312 g/mol. The van der Waals surface area contributed by atoms with Crippen molar-refractivity contribution in [2.45, 2.75) is 20.8 Å². The second-order valence-electron chi connectivity index (χ2n) is 5.05. The quantitative estimate of drug-likeness (QED) is 0.920. The zero-order chi connectivity index (χ0) is 16.8. The van der Waals surface area contributed by atoms with Gasteiger partial charge >= 0.3 is 0 Å². The predicted molar refractivity (Wildman–Crippen MR) is 88.4 cm³/mol. The second-order valence-corrected chi connectivity index (χ2v) is 5.05. The van der Waals surface area contributed by atoms with E-state index in [1.54, 1.807) is 42.3 Å². The van der Waals surface area contributed by atoms with Gasteiger partial charge in [-0.25, -0.2) is 4.98 Å². The highest BCUT2D eigenvalue weighted by atomic mass is 16.2. The first-order valence-electron chi connectivity index (χ1n) is 7.54. The molecule has 23 heavy (non-hydrogen) atoms. The number of nitrogens with zero attached hydrogens (tertiary/aromatic N) is 3. The number of aryl methyl sites for hydroxylation is 1. The molecule has 6 heteroatoms. The summed E-state index contributed by atoms with van der Waals surface area (Å²) in [6.45, 7) is 7.03. The van der Waals surface area contributed by atoms with Crippen molar-refractivity contribution in [3.05, 3.63) is 53.6 Å². The summed E-state index contributed by atoms with van der Waals surface area (Å²) in [5, 5.41) is 2.73. The topological polar surface area (TPSA) is 75.2 Å². The highest BCUT2D eigenvalue weighted by molar-refractivity contribution is 6.03. The minimum absolute atomic E-state index is 0.0164. The summed E-state index contributed by atoms with van der Waals surface area (Å²) in [6.07, 6.45) is 2.98. The average molecular weight is 312 g/mol. The number of hydrogen-bond acceptors (Lipinski definition) is 4. The van der Waals surface area contributed by atoms with E-state index in [4.69, 9.17) is 0 Å². The van der Waals surface area contributed by atoms with Crippen LogP contribution in [0.3, 0.4) is 0 Å². The molecule has 2 amide bonds. The van der Waals surface area contributed by atoms with Crippen LogP contribution in [-0.4, -0.2) is 39.8 Å². The second kappa shape index (κ2) is 7.49. The third-order valence-electron chi connectivity index (χ3n) is 3.45. The molecule has 1 heterocycles. The van der Waals surface area contributed by atoms with Crippen molar-refractivity contribution in [2.24, 2.45) is 0 Å². The Bertz CT molecular complexity index is 677. The van der Waals surface area contributed by atoms with Gasteiger partial charge in [-0.05, 0) is 45.0 Å². The van der Waals surface area contributed by atoms with Crippen molar-refractivity contribution in [1.29, 1.82) is 0 Å². The zero-order valence-corrected chi connectivity index (χ0v) is 13.5. The number of rotatable bonds is 5. The Morgan fingerprint density at radius 2 is 1.70 bits per heavy atom. The minimum atomic E-state index is -0.333. The summed E-state index contributed by atoms with van der Waals surface area (Å²) in [6, 6.07) is 6.82. The Morgan fingerprint density at radius 1 is 1.04 bits per heavy atom. The van der Waals surface area contributed by atoms with Crippen LogP contribution in [-0.2, 0) is 0 Å². The lowest BCUT2D eigenvalue weighted by atomic mass is 10.1. The molecule has 0 fully saturated rings. The fraction of sp³-hybridized carbons (Fsp3) is 0.294. The minimum Gasteiger partial charge on any atom is -0.339 e. The van der Waals surface area contributed by atoms with Crippen molar-refractivity contribution in [1.82, 2.24) is 14.9 Å². The Balaban J connectivity index is 2.06. The van der Waals surface area contributed by atoms with Gasteiger partial charge in [0.2, 0.25) is 0 Å². The molecule has 0 atom stereocenters. The molecular formula is C17H20N4O2. The van der Waals surface area contributed by atoms with Crippen LogP contribution in [0.5, 0.6) is 0 Å². The molecule has 2 aromatic rings. The number of carbonyl (C=O) groups is 2. The van der Waals surface area contributed by atoms with Gasteiger partial charge in [-0.3, -0.25) is 14.6 Å². The maximum atomic E-state index is 12.2. The van der Waals surface area contributed by atoms with Gasteiger partial charge in [0.1, 0.15) is 5.69 Å². The highest BCUT2D eigenvalue weighted by Gasteiger charge is 2.13. The van der Waals surface area contributed by atoms with Gasteiger partial charge in [0.25, 0.3) is 11.8 Å². The lowest BCUT2D eigenvalue weighted by Gasteiger charge is -2.18. The zero-order valence-electron chi connectivity index (χ0n) is 13.5. The van der Waals surface area contributed by atoms with Crippen molar-refractivity contribution in [3.8, 4) is 0 Å². The smallest absolute Gasteiger partial charge is 0.275 e. The molecule has 0 saturated heterocycles. The van der Waals surface area contributed by atoms with Crippen molar-refractivity contribution in [3.63, 3.8) is 0 Å². The van der Waals surface area contributed by atoms with Crippen molar-refractivity contribution >= 4 is 17.5 Å². The van der Waals surface area contributed by atoms with Crippen LogP contribution in [0, 0.1) is 6.92 Å². The summed E-state index contributed by atoms with van der Waals surface area (Å²) in [7, 11) is 0. The Hall–Kier alpha value is -2.76. The summed E-state index contributed by atoms with van der Waals surface area (Å²) in [4.78, 5) is 34.1. The number of nitrogens with one attached hydrogen (secondary N) is 1. The lowest BCUT2D eigenvalue weighted by molar-refractivity contribution is 0.0773. The molecular weight excluding hydrogens is 292 g/mol. The number of hydrogen-bond donors (Lipinski definition) is 1. The highest BCUT2D eigenvalue weighted by Crippen LogP contribution is 2.12. The van der Waals surface area contributed by atoms with Gasteiger partial charge in [0, 0.05) is 30.5 Å². The largest absolute Gasteiger partial charge is 0.339 e. The summed E-state index contributed by atoms with van der Waals surface area (Å²) in [5.41, 5.74) is 2.20. The molecule has 0 aliphatic heterocycles. The van der Waals surface area contributed by atoms with Gasteiger partial charge in [-0.15, -0.1) is 0 Å². The Labute approximate surface area is 135 Å². The van der Waals surface area contributed by atoms with Crippen molar-refractivity contribution < 1.29 is 9.59 Å². The van der Waals surface area contributed by atoms with Crippen LogP contribution < -0.4 is 5.32 Å². The molecule has 0 aliphatic rings. The van der Waals surface area contributed by atoms with E-state index in [1.165, 1.54) is 6.20 Å². The third kappa shape index (κ3) is 4.12. The molecule has 0 saturated carbocycles. The van der Waals surface area contributed by atoms with E-state index in [1.807, 2.05) is 13.8 Å². The van der Waals surface area contributed by atoms with Gasteiger partial charge in [-0.1, -0.05) is 0 Å². The SMILES string of the molecule is CCN(CC)C(=O)c1ccc(NC(=O)c2cnc(C)cn2)cc1. The molecule has 0 unspecified atom stereocenters. The van der Waals surface area contributed by atoms with Gasteiger partial charge in [-0.2, -0.15) is 0 Å². The van der Waals surface area contributed by atoms with E-state index in [2.05, 4.69) is 15.3 Å². The van der Waals surface area contributed by atoms with E-state index in [0.29, 0.717) is 24.3 Å². The summed E-state index contributed by atoms with van der Waals surface area (Å²) in [5.74, 6) is -0.349. The van der Waals surface area contributed by atoms with E-state index in [9.17, 15) is 9.59 Å². The van der Waals surface area contributed by atoms with Gasteiger partial charge in [0.05, 0.1) is 11.9 Å². The van der Waals surface area contributed by atoms with Gasteiger partial charge in [0.15, 0.2) is 0 Å². The molecule has 1 N–H and O–H groups in total. The normalized spacial score (nSPS) is 10.2. The molecule has 0 radical (unpaired) electrons. The molecule has 0 bridgehead atoms. The van der Waals surface area contributed by atoms with Crippen LogP contribution in [0.1, 0.15) is 40.4 Å². The number of anilines is 1. The molecule has 120 valence electrons. The summed E-state index contributed by atoms with van der Waals surface area (Å²) < 4.78 is 0. The van der Waals surface area contributed by atoms with Crippen LogP contribution >= 0.6 is 0 Å². The molecule has 0 spiro atoms. The first-order chi connectivity index (χ1) is 11.0. The van der Waals surface area contributed by atoms with E-state index >= 15 is 0 Å². The molecule has 0 aliphatic carbocycles. The maximum Gasteiger partial charge on any atom is 0.275 e. The fourth-order valence-corrected chi connectivity index (χ4v) is 2.09. The standard InChI is InChI=1S/C17H20N4O2/c1-4-21(5-2)17(23)13-6-8-14(9-7-13)20-16(22)15-11-18-12(3)10-19-15/h6-11H,4-5H2,1-3H3,(H,20,22). The molecule has 1 aromatic carbocycles. The number of aromatic nitrogens is 2. The predicted octanol–water partition coefficient (Wildman–Crippen LogP) is 2.52. The van der Waals surface area contributed by atoms with E-state index in [-0.39, 0.29) is 17.5 Å². The lowest BCUT2D eigenvalue weighted by Crippen LogP contribution is -2.30. The Kier molecular flexibility index (Phi) is 5.41. The first-order valence-corrected chi connectivity index (χ1v) is 7.54. The van der Waals surface area contributed by atoms with Crippen LogP contribution in [0.25, 0.3) is 0 Å². The van der Waals surface area contributed by atoms with Gasteiger partial charge < -0.3 is 10.2 Å². The Morgan fingerprint density at radius 3 is 2.22 bits per heavy atom. The van der Waals surface area contributed by atoms with Crippen LogP contribution in [0.15, 0.2) is 36.7 Å². The number of benzene rings is 1. The first kappa shape index (κ1) is 16.6. The summed E-state index contributed by atoms with van der Waals surface area (Å²) >= 11 is 0. The van der Waals surface area contributed by atoms with Crippen LogP contribution in [0.4, 0.5) is 5.69 Å². The fourth-order valence-electron chi connectivity index (χ4n) is 2.09. The molecule has 1 aromatic heterocycles. The van der Waals surface area contributed by atoms with Crippen LogP contribution in [0.2, 0.25) is 0 Å². The molecule has 6 nitrogen and oxygen atoms in total. The van der Waals surface area contributed by atoms with Crippen molar-refractivity contribution in [2.75, 3.05) is 18.4 Å². The molecule has 2 rings (SSSR count). The third-order valence-corrected chi connectivity index (χ3v) is 3.45. The van der Waals surface area contributed by atoms with E-state index in [0.717, 1.165) is 5.69 Å². The van der Waals surface area contributed by atoms with E-state index < -0.39 is 0 Å². The maximum absolute atomic E-state index is 12.2. The number of carbonyl (C=O) groups excluding carboxylic acids is 2. The average Bonchev–Trinajstić information content (AvgIpc) is 2.57.